The summed E-state index contributed by atoms with van der Waals surface area (Å²) in [6.07, 6.45) is 0. The second-order valence-electron chi connectivity index (χ2n) is 1.54. The fraction of sp³-hybridized carbons (Fsp3) is 1.00. The average Bonchev–Trinajstić information content (AvgIpc) is 1.36. The SMILES string of the molecule is [B]1B2[B]C12. The highest BCUT2D eigenvalue weighted by atomic mass is 13.8. The molecule has 0 bridgehead atoms. The lowest BCUT2D eigenvalue weighted by Crippen LogP contribution is -1.87. The Hall–Kier alpha value is 0.195. The molecule has 2 saturated heterocycles. The first-order valence-corrected chi connectivity index (χ1v) is 1.67. The van der Waals surface area contributed by atoms with E-state index in [2.05, 4.69) is 14.3 Å². The van der Waals surface area contributed by atoms with Crippen LogP contribution in [0, 0.1) is 0 Å². The molecule has 2 aliphatic heterocycles. The third-order valence-electron chi connectivity index (χ3n) is 1.05. The highest BCUT2D eigenvalue weighted by Gasteiger charge is 2.55. The molecule has 2 rings (SSSR count). The fourth-order valence-corrected chi connectivity index (χ4v) is 0.368. The Kier molecular flexibility index (Phi) is 0.0909. The Balaban J connectivity index is 2.48. The van der Waals surface area contributed by atoms with Crippen LogP contribution < -0.4 is 0 Å². The lowest BCUT2D eigenvalue weighted by Gasteiger charge is -1.56. The third kappa shape index (κ3) is 0.0467. The van der Waals surface area contributed by atoms with E-state index >= 15 is 0 Å². The summed E-state index contributed by atoms with van der Waals surface area (Å²) in [5.41, 5.74) is 1.000. The summed E-state index contributed by atoms with van der Waals surface area (Å²) in [5.74, 6) is 0. The van der Waals surface area contributed by atoms with Crippen molar-refractivity contribution in [3.8, 4) is 0 Å². The minimum absolute atomic E-state index is 1.000. The molecule has 0 saturated carbocycles. The van der Waals surface area contributed by atoms with E-state index in [0.717, 1.165) is 12.1 Å². The van der Waals surface area contributed by atoms with Crippen molar-refractivity contribution < 1.29 is 0 Å². The van der Waals surface area contributed by atoms with Gasteiger partial charge in [-0.15, -0.1) is 5.62 Å². The maximum atomic E-state index is 2.33. The van der Waals surface area contributed by atoms with Gasteiger partial charge in [-0.1, -0.05) is 0 Å². The molecule has 0 aromatic rings. The molecule has 0 N–H and O–H groups in total. The summed E-state index contributed by atoms with van der Waals surface area (Å²) in [5, 5.41) is 0. The lowest BCUT2D eigenvalue weighted by atomic mass is 9.35. The molecule has 3 heteroatoms. The van der Waals surface area contributed by atoms with Crippen LogP contribution >= 0.6 is 0 Å². The van der Waals surface area contributed by atoms with Crippen LogP contribution in [0.1, 0.15) is 0 Å². The minimum atomic E-state index is 1.000. The predicted molar refractivity (Wildman–Crippen MR) is 21.0 cm³/mol. The molecule has 0 aromatic heterocycles. The monoisotopic (exact) mass is 46.0 g/mol. The second-order valence-corrected chi connectivity index (χ2v) is 1.54. The van der Waals surface area contributed by atoms with Crippen LogP contribution in [0.4, 0.5) is 0 Å². The molecule has 0 unspecified atom stereocenters. The molecular formula is CHB3. The molecule has 2 fully saturated rings. The highest BCUT2D eigenvalue weighted by Crippen LogP contribution is 2.39. The molecule has 0 aromatic carbocycles. The standard InChI is InChI=1S/CHB3/c2-1-3-4(1)2/h1H. The van der Waals surface area contributed by atoms with E-state index in [1.165, 1.54) is 0 Å². The first-order chi connectivity index (χ1) is 1.97. The van der Waals surface area contributed by atoms with Gasteiger partial charge in [-0.3, -0.25) is 0 Å². The molecule has 4 heavy (non-hydrogen) atoms. The number of hydrogen-bond acceptors (Lipinski definition) is 0. The van der Waals surface area contributed by atoms with Crippen LogP contribution in [0.3, 0.4) is 0 Å². The molecule has 0 spiro atoms. The zero-order valence-electron chi connectivity index (χ0n) is 2.31. The Morgan fingerprint density at radius 3 is 1.75 bits per heavy atom. The average molecular weight is 45.5 g/mol. The van der Waals surface area contributed by atoms with Crippen molar-refractivity contribution in [2.75, 3.05) is 0 Å². The van der Waals surface area contributed by atoms with Gasteiger partial charge in [0.15, 0.2) is 0 Å². The number of fused-ring (bicyclic) bond motifs is 1. The Bertz CT molecular complexity index is 39.2. The molecule has 2 radical (unpaired) electrons. The predicted octanol–water partition coefficient (Wildman–Crippen LogP) is -0.805. The molecular weight excluding hydrogens is 44.4 g/mol. The Labute approximate surface area is 27.5 Å². The van der Waals surface area contributed by atoms with E-state index in [9.17, 15) is 0 Å². The van der Waals surface area contributed by atoms with E-state index < -0.39 is 0 Å². The van der Waals surface area contributed by atoms with Crippen molar-refractivity contribution in [1.82, 2.24) is 0 Å². The van der Waals surface area contributed by atoms with Crippen LogP contribution in [-0.4, -0.2) is 20.8 Å². The van der Waals surface area contributed by atoms with Gasteiger partial charge < -0.3 is 0 Å². The highest BCUT2D eigenvalue weighted by molar-refractivity contribution is 7.75. The summed E-state index contributed by atoms with van der Waals surface area (Å²) in [6, 6.07) is 0. The molecule has 0 aliphatic carbocycles. The summed E-state index contributed by atoms with van der Waals surface area (Å²) in [6.45, 7) is 1.000. The summed E-state index contributed by atoms with van der Waals surface area (Å²) >= 11 is 0. The van der Waals surface area contributed by atoms with E-state index in [4.69, 9.17) is 0 Å². The normalized spacial score (nSPS) is 30.5. The summed E-state index contributed by atoms with van der Waals surface area (Å²) in [7, 11) is 4.67. The zero-order chi connectivity index (χ0) is 2.57. The fourth-order valence-electron chi connectivity index (χ4n) is 0.368. The van der Waals surface area contributed by atoms with Gasteiger partial charge in [-0.25, -0.2) is 0 Å². The molecule has 0 amide bonds. The van der Waals surface area contributed by atoms with Crippen LogP contribution in [0.15, 0.2) is 0 Å². The van der Waals surface area contributed by atoms with Gasteiger partial charge in [0.05, 0.1) is 0 Å². The van der Waals surface area contributed by atoms with Gasteiger partial charge in [0, 0.05) is 20.8 Å². The lowest BCUT2D eigenvalue weighted by molar-refractivity contribution is 2.08. The van der Waals surface area contributed by atoms with Crippen molar-refractivity contribution in [2.24, 2.45) is 0 Å². The van der Waals surface area contributed by atoms with Crippen LogP contribution in [-0.2, 0) is 0 Å². The number of rotatable bonds is 0. The van der Waals surface area contributed by atoms with Gasteiger partial charge in [0.2, 0.25) is 0 Å². The van der Waals surface area contributed by atoms with Gasteiger partial charge in [0.1, 0.15) is 0 Å². The Morgan fingerprint density at radius 1 is 1.50 bits per heavy atom. The van der Waals surface area contributed by atoms with E-state index in [-0.39, 0.29) is 0 Å². The summed E-state index contributed by atoms with van der Waals surface area (Å²) < 4.78 is 0. The second kappa shape index (κ2) is 0.229. The van der Waals surface area contributed by atoms with Crippen LogP contribution in [0.2, 0.25) is 5.62 Å². The van der Waals surface area contributed by atoms with Crippen LogP contribution in [0.5, 0.6) is 0 Å². The topological polar surface area (TPSA) is 0 Å². The van der Waals surface area contributed by atoms with E-state index in [1.807, 2.05) is 0 Å². The third-order valence-corrected chi connectivity index (χ3v) is 1.05. The molecule has 0 nitrogen and oxygen atoms in total. The van der Waals surface area contributed by atoms with Gasteiger partial charge in [-0.05, 0) is 0 Å². The zero-order valence-corrected chi connectivity index (χ0v) is 2.31. The van der Waals surface area contributed by atoms with Crippen molar-refractivity contribution in [3.63, 3.8) is 0 Å². The molecule has 2 heterocycles. The maximum absolute atomic E-state index is 2.33. The van der Waals surface area contributed by atoms with Gasteiger partial charge >= 0.3 is 0 Å². The van der Waals surface area contributed by atoms with Crippen molar-refractivity contribution in [3.05, 3.63) is 0 Å². The molecule has 2 aliphatic rings. The van der Waals surface area contributed by atoms with E-state index in [1.54, 1.807) is 0 Å². The quantitative estimate of drug-likeness (QED) is 0.313. The van der Waals surface area contributed by atoms with Gasteiger partial charge in [-0.2, -0.15) is 0 Å². The maximum Gasteiger partial charge on any atom is 0.0470 e. The summed E-state index contributed by atoms with van der Waals surface area (Å²) in [4.78, 5) is 0. The minimum Gasteiger partial charge on any atom is -0.142 e. The van der Waals surface area contributed by atoms with Crippen molar-refractivity contribution in [1.29, 1.82) is 0 Å². The largest absolute Gasteiger partial charge is 0.142 e. The van der Waals surface area contributed by atoms with E-state index in [0.29, 0.717) is 0 Å². The van der Waals surface area contributed by atoms with Crippen LogP contribution in [0.25, 0.3) is 0 Å². The van der Waals surface area contributed by atoms with Crippen molar-refractivity contribution in [2.45, 2.75) is 5.62 Å². The Morgan fingerprint density at radius 2 is 1.75 bits per heavy atom. The molecule has 0 atom stereocenters. The molecule has 14 valence electrons. The number of hydrogen-bond donors (Lipinski definition) is 0. The van der Waals surface area contributed by atoms with Crippen molar-refractivity contribution >= 4 is 20.8 Å². The first kappa shape index (κ1) is 1.59. The smallest absolute Gasteiger partial charge is 0.0470 e. The first-order valence-electron chi connectivity index (χ1n) is 1.67. The van der Waals surface area contributed by atoms with Gasteiger partial charge in [0.25, 0.3) is 0 Å².